The number of nitrogens with one attached hydrogen (secondary N) is 2. The molecular weight excluding hydrogens is 152 g/mol. The van der Waals surface area contributed by atoms with Gasteiger partial charge in [-0.25, -0.2) is 5.48 Å². The second-order valence-electron chi connectivity index (χ2n) is 2.09. The predicted octanol–water partition coefficient (Wildman–Crippen LogP) is -0.824. The van der Waals surface area contributed by atoms with Crippen LogP contribution in [-0.4, -0.2) is 33.6 Å². The normalized spacial score (nSPS) is 15.9. The summed E-state index contributed by atoms with van der Waals surface area (Å²) in [4.78, 5) is 10.3. The molecule has 0 aromatic rings. The van der Waals surface area contributed by atoms with Crippen LogP contribution in [0.4, 0.5) is 0 Å². The van der Waals surface area contributed by atoms with Gasteiger partial charge in [-0.15, -0.1) is 0 Å². The summed E-state index contributed by atoms with van der Waals surface area (Å²) in [6.07, 6.45) is 0.390. The lowest BCUT2D eigenvalue weighted by Crippen LogP contribution is -2.50. The molecule has 6 nitrogen and oxygen atoms in total. The molecule has 0 heterocycles. The minimum Gasteiger partial charge on any atom is -0.480 e. The molecule has 66 valence electrons. The molecule has 0 fully saturated rings. The zero-order valence-corrected chi connectivity index (χ0v) is 6.11. The number of aliphatic carboxylic acids is 1. The number of hydrogen-bond donors (Lipinski definition) is 5. The van der Waals surface area contributed by atoms with Crippen LogP contribution in [-0.2, 0) is 4.79 Å². The number of carbonyl (C=O) groups is 1. The van der Waals surface area contributed by atoms with Crippen LogP contribution >= 0.6 is 0 Å². The van der Waals surface area contributed by atoms with E-state index in [1.165, 1.54) is 0 Å². The Morgan fingerprint density at radius 3 is 2.09 bits per heavy atom. The van der Waals surface area contributed by atoms with E-state index >= 15 is 0 Å². The van der Waals surface area contributed by atoms with Gasteiger partial charge in [0, 0.05) is 0 Å². The molecule has 11 heavy (non-hydrogen) atoms. The molecular formula is C5H12N2O4. The molecule has 0 aliphatic rings. The number of carboxylic acid groups (broad SMARTS) is 1. The summed E-state index contributed by atoms with van der Waals surface area (Å²) in [6, 6.07) is -1.89. The van der Waals surface area contributed by atoms with Crippen LogP contribution in [0.3, 0.4) is 0 Å². The second-order valence-corrected chi connectivity index (χ2v) is 2.09. The maximum Gasteiger partial charge on any atom is 0.324 e. The van der Waals surface area contributed by atoms with Crippen molar-refractivity contribution in [1.82, 2.24) is 11.0 Å². The van der Waals surface area contributed by atoms with Gasteiger partial charge in [0.25, 0.3) is 0 Å². The van der Waals surface area contributed by atoms with E-state index in [2.05, 4.69) is 0 Å². The number of rotatable bonds is 5. The van der Waals surface area contributed by atoms with Crippen molar-refractivity contribution in [3.05, 3.63) is 0 Å². The fourth-order valence-electron chi connectivity index (χ4n) is 0.719. The van der Waals surface area contributed by atoms with Crippen molar-refractivity contribution in [2.75, 3.05) is 0 Å². The van der Waals surface area contributed by atoms with Crippen LogP contribution < -0.4 is 11.0 Å². The van der Waals surface area contributed by atoms with Gasteiger partial charge >= 0.3 is 5.97 Å². The van der Waals surface area contributed by atoms with Gasteiger partial charge < -0.3 is 15.5 Å². The summed E-state index contributed by atoms with van der Waals surface area (Å²) >= 11 is 0. The third kappa shape index (κ3) is 2.81. The van der Waals surface area contributed by atoms with Gasteiger partial charge in [-0.3, -0.25) is 4.79 Å². The first kappa shape index (κ1) is 10.3. The lowest BCUT2D eigenvalue weighted by Gasteiger charge is -2.18. The second kappa shape index (κ2) is 5.03. The standard InChI is InChI=1S/C5H12N2O4/c1-2-3(6-10)4(7-11)5(8)9/h3-4,6-7,10-11H,2H2,1H3,(H,8,9). The molecule has 0 aromatic carbocycles. The fourth-order valence-corrected chi connectivity index (χ4v) is 0.719. The Kier molecular flexibility index (Phi) is 4.71. The Labute approximate surface area is 63.8 Å². The molecule has 0 saturated heterocycles. The highest BCUT2D eigenvalue weighted by molar-refractivity contribution is 5.74. The van der Waals surface area contributed by atoms with Gasteiger partial charge in [0.2, 0.25) is 0 Å². The first-order valence-corrected chi connectivity index (χ1v) is 3.19. The van der Waals surface area contributed by atoms with E-state index in [-0.39, 0.29) is 0 Å². The molecule has 0 saturated carbocycles. The first-order valence-electron chi connectivity index (χ1n) is 3.19. The summed E-state index contributed by atoms with van der Waals surface area (Å²) in [6.45, 7) is 1.68. The molecule has 2 unspecified atom stereocenters. The molecule has 0 spiro atoms. The SMILES string of the molecule is CCC(NO)C(NO)C(=O)O. The van der Waals surface area contributed by atoms with Crippen LogP contribution in [0.15, 0.2) is 0 Å². The van der Waals surface area contributed by atoms with Gasteiger partial charge in [0.05, 0.1) is 6.04 Å². The molecule has 0 aliphatic carbocycles. The molecule has 2 atom stereocenters. The summed E-state index contributed by atoms with van der Waals surface area (Å²) in [5.41, 5.74) is 3.36. The van der Waals surface area contributed by atoms with Crippen LogP contribution in [0, 0.1) is 0 Å². The van der Waals surface area contributed by atoms with E-state index in [1.807, 2.05) is 0 Å². The van der Waals surface area contributed by atoms with Crippen LogP contribution in [0.1, 0.15) is 13.3 Å². The summed E-state index contributed by atoms with van der Waals surface area (Å²) in [7, 11) is 0. The minimum atomic E-state index is -1.22. The molecule has 0 amide bonds. The average molecular weight is 164 g/mol. The van der Waals surface area contributed by atoms with Crippen molar-refractivity contribution in [3.63, 3.8) is 0 Å². The number of hydroxylamine groups is 2. The largest absolute Gasteiger partial charge is 0.480 e. The van der Waals surface area contributed by atoms with Gasteiger partial charge in [0.15, 0.2) is 0 Å². The van der Waals surface area contributed by atoms with E-state index in [1.54, 1.807) is 17.9 Å². The maximum atomic E-state index is 10.3. The van der Waals surface area contributed by atoms with E-state index in [9.17, 15) is 4.79 Å². The third-order valence-corrected chi connectivity index (χ3v) is 1.41. The topological polar surface area (TPSA) is 102 Å². The van der Waals surface area contributed by atoms with Crippen molar-refractivity contribution in [2.24, 2.45) is 0 Å². The molecule has 0 bridgehead atoms. The highest BCUT2D eigenvalue weighted by Crippen LogP contribution is 1.97. The fraction of sp³-hybridized carbons (Fsp3) is 0.800. The predicted molar refractivity (Wildman–Crippen MR) is 35.3 cm³/mol. The molecule has 0 aliphatic heterocycles. The summed E-state index contributed by atoms with van der Waals surface area (Å²) < 4.78 is 0. The van der Waals surface area contributed by atoms with Crippen LogP contribution in [0.5, 0.6) is 0 Å². The Morgan fingerprint density at radius 1 is 1.45 bits per heavy atom. The zero-order chi connectivity index (χ0) is 8.85. The highest BCUT2D eigenvalue weighted by atomic mass is 16.5. The Morgan fingerprint density at radius 2 is 2.00 bits per heavy atom. The average Bonchev–Trinajstić information content (AvgIpc) is 1.99. The minimum absolute atomic E-state index is 0.390. The quantitative estimate of drug-likeness (QED) is 0.340. The van der Waals surface area contributed by atoms with Crippen molar-refractivity contribution in [2.45, 2.75) is 25.4 Å². The lowest BCUT2D eigenvalue weighted by molar-refractivity contribution is -0.144. The first-order chi connectivity index (χ1) is 5.17. The summed E-state index contributed by atoms with van der Waals surface area (Å²) in [5.74, 6) is -1.22. The maximum absolute atomic E-state index is 10.3. The van der Waals surface area contributed by atoms with Crippen LogP contribution in [0.2, 0.25) is 0 Å². The lowest BCUT2D eigenvalue weighted by atomic mass is 10.1. The van der Waals surface area contributed by atoms with Gasteiger partial charge in [0.1, 0.15) is 6.04 Å². The Balaban J connectivity index is 4.09. The highest BCUT2D eigenvalue weighted by Gasteiger charge is 2.25. The van der Waals surface area contributed by atoms with Crippen molar-refractivity contribution in [1.29, 1.82) is 0 Å². The number of carboxylic acids is 1. The summed E-state index contributed by atoms with van der Waals surface area (Å²) in [5, 5.41) is 25.2. The van der Waals surface area contributed by atoms with Gasteiger partial charge in [-0.2, -0.15) is 5.48 Å². The zero-order valence-electron chi connectivity index (χ0n) is 6.11. The van der Waals surface area contributed by atoms with Gasteiger partial charge in [-0.1, -0.05) is 6.92 Å². The molecule has 0 rings (SSSR count). The van der Waals surface area contributed by atoms with E-state index < -0.39 is 18.1 Å². The third-order valence-electron chi connectivity index (χ3n) is 1.41. The van der Waals surface area contributed by atoms with Crippen molar-refractivity contribution >= 4 is 5.97 Å². The van der Waals surface area contributed by atoms with Crippen molar-refractivity contribution < 1.29 is 20.3 Å². The molecule has 6 heteroatoms. The Bertz CT molecular complexity index is 126. The number of hydrogen-bond acceptors (Lipinski definition) is 5. The van der Waals surface area contributed by atoms with E-state index in [0.717, 1.165) is 0 Å². The smallest absolute Gasteiger partial charge is 0.324 e. The van der Waals surface area contributed by atoms with Crippen LogP contribution in [0.25, 0.3) is 0 Å². The van der Waals surface area contributed by atoms with E-state index in [4.69, 9.17) is 15.5 Å². The molecule has 0 radical (unpaired) electrons. The van der Waals surface area contributed by atoms with Gasteiger partial charge in [-0.05, 0) is 6.42 Å². The molecule has 5 N–H and O–H groups in total. The van der Waals surface area contributed by atoms with Crippen molar-refractivity contribution in [3.8, 4) is 0 Å². The van der Waals surface area contributed by atoms with E-state index in [0.29, 0.717) is 6.42 Å². The Hall–Kier alpha value is -0.690. The molecule has 0 aromatic heterocycles. The monoisotopic (exact) mass is 164 g/mol.